The minimum Gasteiger partial charge on any atom is -0.488 e. The molecule has 3 atom stereocenters. The third-order valence-electron chi connectivity index (χ3n) is 10.4. The van der Waals surface area contributed by atoms with Crippen LogP contribution in [-0.2, 0) is 19.6 Å². The predicted octanol–water partition coefficient (Wildman–Crippen LogP) is 7.50. The standard InChI is InChI=1S/C36H45NO5.ClH/c1-23(35-21-37-10-11-39-35)42-32-8-6-28(7-9-32)29-4-5-30-17-34(41-22-40-24(2)38-3)33(16-31(30)15-29)36-18-25-12-26(19-36)14-27(13-25)20-36;/h4-9,15-17,23-27,35,37H,10-14,18-22H2,1-3H3;1H. The minimum absolute atomic E-state index is 0. The van der Waals surface area contributed by atoms with Gasteiger partial charge in [0, 0.05) is 25.8 Å². The molecule has 1 N–H and O–H groups in total. The summed E-state index contributed by atoms with van der Waals surface area (Å²) in [5, 5.41) is 5.85. The Hall–Kier alpha value is -2.35. The molecule has 6 nitrogen and oxygen atoms in total. The molecule has 1 heterocycles. The zero-order chi connectivity index (χ0) is 28.7. The lowest BCUT2D eigenvalue weighted by molar-refractivity contribution is -0.150. The Morgan fingerprint density at radius 1 is 0.884 bits per heavy atom. The molecule has 1 aliphatic heterocycles. The second-order valence-corrected chi connectivity index (χ2v) is 13.3. The molecule has 4 bridgehead atoms. The van der Waals surface area contributed by atoms with Crippen LogP contribution in [0.1, 0.15) is 57.9 Å². The van der Waals surface area contributed by atoms with Gasteiger partial charge in [-0.1, -0.05) is 24.3 Å². The summed E-state index contributed by atoms with van der Waals surface area (Å²) in [7, 11) is 1.66. The molecular formula is C36H46ClNO5. The van der Waals surface area contributed by atoms with Crippen LogP contribution in [0.4, 0.5) is 0 Å². The highest BCUT2D eigenvalue weighted by molar-refractivity contribution is 5.89. The van der Waals surface area contributed by atoms with Crippen LogP contribution < -0.4 is 14.8 Å². The summed E-state index contributed by atoms with van der Waals surface area (Å²) < 4.78 is 29.5. The van der Waals surface area contributed by atoms with Gasteiger partial charge >= 0.3 is 0 Å². The van der Waals surface area contributed by atoms with Crippen molar-refractivity contribution in [3.63, 3.8) is 0 Å². The maximum absolute atomic E-state index is 6.38. The van der Waals surface area contributed by atoms with Crippen molar-refractivity contribution < 1.29 is 23.7 Å². The van der Waals surface area contributed by atoms with Crippen molar-refractivity contribution in [2.75, 3.05) is 33.6 Å². The van der Waals surface area contributed by atoms with Crippen LogP contribution in [0.15, 0.2) is 54.6 Å². The molecule has 8 rings (SSSR count). The first kappa shape index (κ1) is 30.7. The Kier molecular flexibility index (Phi) is 9.23. The molecular weight excluding hydrogens is 562 g/mol. The van der Waals surface area contributed by atoms with Gasteiger partial charge in [0.2, 0.25) is 0 Å². The topological polar surface area (TPSA) is 58.2 Å². The summed E-state index contributed by atoms with van der Waals surface area (Å²) in [5.74, 6) is 4.44. The van der Waals surface area contributed by atoms with Crippen LogP contribution in [0.2, 0.25) is 0 Å². The fourth-order valence-electron chi connectivity index (χ4n) is 8.60. The molecule has 4 aliphatic carbocycles. The van der Waals surface area contributed by atoms with Crippen molar-refractivity contribution in [2.45, 2.75) is 76.3 Å². The lowest BCUT2D eigenvalue weighted by Gasteiger charge is -2.57. The van der Waals surface area contributed by atoms with Crippen molar-refractivity contribution in [3.05, 3.63) is 60.2 Å². The molecule has 3 unspecified atom stereocenters. The van der Waals surface area contributed by atoms with Gasteiger partial charge in [0.15, 0.2) is 13.1 Å². The fraction of sp³-hybridized carbons (Fsp3) is 0.556. The monoisotopic (exact) mass is 607 g/mol. The summed E-state index contributed by atoms with van der Waals surface area (Å²) >= 11 is 0. The number of halogens is 1. The van der Waals surface area contributed by atoms with Crippen LogP contribution in [0.3, 0.4) is 0 Å². The number of ether oxygens (including phenoxy) is 5. The third-order valence-corrected chi connectivity index (χ3v) is 10.4. The largest absolute Gasteiger partial charge is 0.488 e. The van der Waals surface area contributed by atoms with Crippen molar-refractivity contribution in [1.29, 1.82) is 0 Å². The number of nitrogens with one attached hydrogen (secondary N) is 1. The van der Waals surface area contributed by atoms with Crippen molar-refractivity contribution in [3.8, 4) is 22.6 Å². The molecule has 0 radical (unpaired) electrons. The van der Waals surface area contributed by atoms with E-state index in [0.29, 0.717) is 0 Å². The van der Waals surface area contributed by atoms with E-state index in [2.05, 4.69) is 66.8 Å². The number of hydrogen-bond donors (Lipinski definition) is 1. The quantitative estimate of drug-likeness (QED) is 0.241. The Morgan fingerprint density at radius 3 is 2.23 bits per heavy atom. The van der Waals surface area contributed by atoms with E-state index >= 15 is 0 Å². The van der Waals surface area contributed by atoms with Crippen LogP contribution in [0, 0.1) is 17.8 Å². The van der Waals surface area contributed by atoms with Crippen LogP contribution in [0.25, 0.3) is 21.9 Å². The molecule has 4 saturated carbocycles. The van der Waals surface area contributed by atoms with E-state index in [1.54, 1.807) is 7.11 Å². The first-order valence-electron chi connectivity index (χ1n) is 15.9. The van der Waals surface area contributed by atoms with Crippen molar-refractivity contribution in [1.82, 2.24) is 5.32 Å². The van der Waals surface area contributed by atoms with Crippen LogP contribution >= 0.6 is 12.4 Å². The van der Waals surface area contributed by atoms with Gasteiger partial charge in [-0.2, -0.15) is 0 Å². The van der Waals surface area contributed by atoms with Gasteiger partial charge in [0.25, 0.3) is 0 Å². The van der Waals surface area contributed by atoms with E-state index in [1.165, 1.54) is 66.0 Å². The van der Waals surface area contributed by atoms with Gasteiger partial charge in [-0.3, -0.25) is 0 Å². The summed E-state index contributed by atoms with van der Waals surface area (Å²) in [6.07, 6.45) is 7.90. The number of hydrogen-bond acceptors (Lipinski definition) is 6. The summed E-state index contributed by atoms with van der Waals surface area (Å²) in [4.78, 5) is 0. The zero-order valence-electron chi connectivity index (χ0n) is 25.7. The van der Waals surface area contributed by atoms with E-state index in [0.717, 1.165) is 48.9 Å². The number of methoxy groups -OCH3 is 1. The maximum Gasteiger partial charge on any atom is 0.191 e. The van der Waals surface area contributed by atoms with Crippen molar-refractivity contribution in [2.24, 2.45) is 17.8 Å². The smallest absolute Gasteiger partial charge is 0.191 e. The Balaban J connectivity index is 0.00000329. The van der Waals surface area contributed by atoms with Gasteiger partial charge < -0.3 is 29.0 Å². The molecule has 0 aromatic heterocycles. The Labute approximate surface area is 262 Å². The van der Waals surface area contributed by atoms with Crippen LogP contribution in [0.5, 0.6) is 11.5 Å². The van der Waals surface area contributed by atoms with Gasteiger partial charge in [-0.15, -0.1) is 12.4 Å². The van der Waals surface area contributed by atoms with Gasteiger partial charge in [-0.25, -0.2) is 0 Å². The maximum atomic E-state index is 6.38. The molecule has 5 fully saturated rings. The number of rotatable bonds is 10. The second-order valence-electron chi connectivity index (χ2n) is 13.3. The highest BCUT2D eigenvalue weighted by atomic mass is 35.5. The average Bonchev–Trinajstić information content (AvgIpc) is 3.00. The average molecular weight is 608 g/mol. The van der Waals surface area contributed by atoms with Gasteiger partial charge in [0.05, 0.1) is 6.61 Å². The number of benzene rings is 3. The normalized spacial score (nSPS) is 29.2. The van der Waals surface area contributed by atoms with Crippen molar-refractivity contribution >= 4 is 23.2 Å². The molecule has 3 aromatic rings. The zero-order valence-corrected chi connectivity index (χ0v) is 26.5. The Bertz CT molecular complexity index is 1350. The van der Waals surface area contributed by atoms with Gasteiger partial charge in [0.1, 0.15) is 23.7 Å². The lowest BCUT2D eigenvalue weighted by atomic mass is 9.48. The summed E-state index contributed by atoms with van der Waals surface area (Å²) in [5.41, 5.74) is 4.00. The first-order chi connectivity index (χ1) is 20.5. The van der Waals surface area contributed by atoms with Gasteiger partial charge in [-0.05, 0) is 128 Å². The summed E-state index contributed by atoms with van der Waals surface area (Å²) in [6, 6.07) is 19.9. The molecule has 7 heteroatoms. The lowest BCUT2D eigenvalue weighted by Crippen LogP contribution is -2.48. The van der Waals surface area contributed by atoms with E-state index in [9.17, 15) is 0 Å². The second kappa shape index (κ2) is 12.9. The fourth-order valence-corrected chi connectivity index (χ4v) is 8.60. The molecule has 232 valence electrons. The highest BCUT2D eigenvalue weighted by Gasteiger charge is 2.52. The molecule has 43 heavy (non-hydrogen) atoms. The molecule has 0 amide bonds. The molecule has 3 aromatic carbocycles. The minimum atomic E-state index is -0.298. The number of fused-ring (bicyclic) bond motifs is 1. The highest BCUT2D eigenvalue weighted by Crippen LogP contribution is 2.62. The molecule has 1 saturated heterocycles. The van der Waals surface area contributed by atoms with Crippen LogP contribution in [-0.4, -0.2) is 52.1 Å². The van der Waals surface area contributed by atoms with E-state index in [4.69, 9.17) is 23.7 Å². The van der Waals surface area contributed by atoms with E-state index in [-0.39, 0.29) is 43.1 Å². The van der Waals surface area contributed by atoms with E-state index < -0.39 is 0 Å². The molecule has 0 spiro atoms. The first-order valence-corrected chi connectivity index (χ1v) is 15.9. The Morgan fingerprint density at radius 2 is 1.58 bits per heavy atom. The summed E-state index contributed by atoms with van der Waals surface area (Å²) in [6.45, 7) is 6.64. The molecule has 5 aliphatic rings. The SMILES string of the molecule is COC(C)OCOc1cc2ccc(-c3ccc(OC(C)C4CNCCO4)cc3)cc2cc1C12CC3CC(CC(C3)C1)C2.Cl. The van der Waals surface area contributed by atoms with E-state index in [1.807, 2.05) is 6.92 Å². The third kappa shape index (κ3) is 6.41. The number of morpholine rings is 1. The predicted molar refractivity (Wildman–Crippen MR) is 172 cm³/mol.